The number of rotatable bonds is 5. The van der Waals surface area contributed by atoms with Crippen LogP contribution in [0.1, 0.15) is 18.4 Å². The normalized spacial score (nSPS) is 17.3. The largest absolute Gasteiger partial charge is 0.494 e. The fraction of sp³-hybridized carbons (Fsp3) is 0.538. The van der Waals surface area contributed by atoms with Crippen LogP contribution in [0.15, 0.2) is 12.1 Å². The topological polar surface area (TPSA) is 44.5 Å². The van der Waals surface area contributed by atoms with Gasteiger partial charge in [0, 0.05) is 17.0 Å². The SMILES string of the molecule is COc1cc(F)c(C2(CCCN)COC2)cc1F. The number of benzene rings is 1. The summed E-state index contributed by atoms with van der Waals surface area (Å²) in [6, 6.07) is 2.31. The van der Waals surface area contributed by atoms with E-state index in [0.717, 1.165) is 12.5 Å². The van der Waals surface area contributed by atoms with E-state index in [9.17, 15) is 8.78 Å². The zero-order valence-electron chi connectivity index (χ0n) is 10.3. The minimum absolute atomic E-state index is 0.0783. The van der Waals surface area contributed by atoms with Crippen molar-refractivity contribution in [1.82, 2.24) is 0 Å². The van der Waals surface area contributed by atoms with Gasteiger partial charge in [0.2, 0.25) is 0 Å². The monoisotopic (exact) mass is 257 g/mol. The first-order valence-corrected chi connectivity index (χ1v) is 5.94. The van der Waals surface area contributed by atoms with Gasteiger partial charge in [-0.15, -0.1) is 0 Å². The predicted molar refractivity (Wildman–Crippen MR) is 63.7 cm³/mol. The fourth-order valence-electron chi connectivity index (χ4n) is 2.31. The Bertz CT molecular complexity index is 433. The van der Waals surface area contributed by atoms with E-state index in [1.165, 1.54) is 13.2 Å². The van der Waals surface area contributed by atoms with E-state index in [-0.39, 0.29) is 5.75 Å². The van der Waals surface area contributed by atoms with Crippen LogP contribution < -0.4 is 10.5 Å². The van der Waals surface area contributed by atoms with Crippen molar-refractivity contribution >= 4 is 0 Å². The maximum atomic E-state index is 14.0. The summed E-state index contributed by atoms with van der Waals surface area (Å²) < 4.78 is 37.7. The fourth-order valence-corrected chi connectivity index (χ4v) is 2.31. The first kappa shape index (κ1) is 13.2. The Hall–Kier alpha value is -1.20. The van der Waals surface area contributed by atoms with Gasteiger partial charge in [0.15, 0.2) is 11.6 Å². The molecule has 1 aliphatic rings. The van der Waals surface area contributed by atoms with Crippen LogP contribution in [0.5, 0.6) is 5.75 Å². The van der Waals surface area contributed by atoms with Crippen LogP contribution >= 0.6 is 0 Å². The van der Waals surface area contributed by atoms with Crippen molar-refractivity contribution in [3.8, 4) is 5.75 Å². The Morgan fingerprint density at radius 1 is 1.33 bits per heavy atom. The molecule has 2 rings (SSSR count). The van der Waals surface area contributed by atoms with Crippen LogP contribution in [0.3, 0.4) is 0 Å². The van der Waals surface area contributed by atoms with Crippen LogP contribution in [0, 0.1) is 11.6 Å². The molecule has 0 amide bonds. The minimum Gasteiger partial charge on any atom is -0.494 e. The number of hydrogen-bond donors (Lipinski definition) is 1. The Morgan fingerprint density at radius 3 is 2.56 bits per heavy atom. The van der Waals surface area contributed by atoms with Crippen molar-refractivity contribution in [3.05, 3.63) is 29.3 Å². The second-order valence-corrected chi connectivity index (χ2v) is 4.63. The molecule has 1 aliphatic heterocycles. The molecule has 18 heavy (non-hydrogen) atoms. The summed E-state index contributed by atoms with van der Waals surface area (Å²) in [5, 5.41) is 0. The maximum Gasteiger partial charge on any atom is 0.165 e. The van der Waals surface area contributed by atoms with Gasteiger partial charge in [0.25, 0.3) is 0 Å². The molecule has 1 aromatic rings. The smallest absolute Gasteiger partial charge is 0.165 e. The third-order valence-corrected chi connectivity index (χ3v) is 3.43. The van der Waals surface area contributed by atoms with Crippen molar-refractivity contribution in [1.29, 1.82) is 0 Å². The van der Waals surface area contributed by atoms with E-state index in [2.05, 4.69) is 0 Å². The summed E-state index contributed by atoms with van der Waals surface area (Å²) in [6.07, 6.45) is 1.46. The molecule has 0 unspecified atom stereocenters. The molecule has 0 aliphatic carbocycles. The van der Waals surface area contributed by atoms with Crippen LogP contribution in [-0.2, 0) is 10.2 Å². The number of methoxy groups -OCH3 is 1. The Morgan fingerprint density at radius 2 is 2.06 bits per heavy atom. The number of nitrogens with two attached hydrogens (primary N) is 1. The molecule has 1 aromatic carbocycles. The van der Waals surface area contributed by atoms with Crippen molar-refractivity contribution < 1.29 is 18.3 Å². The third-order valence-electron chi connectivity index (χ3n) is 3.43. The molecule has 0 spiro atoms. The molecule has 1 fully saturated rings. The number of halogens is 2. The zero-order valence-corrected chi connectivity index (χ0v) is 10.3. The van der Waals surface area contributed by atoms with Gasteiger partial charge >= 0.3 is 0 Å². The Balaban J connectivity index is 2.34. The lowest BCUT2D eigenvalue weighted by molar-refractivity contribution is -0.0666. The summed E-state index contributed by atoms with van der Waals surface area (Å²) in [6.45, 7) is 1.35. The minimum atomic E-state index is -0.548. The van der Waals surface area contributed by atoms with Gasteiger partial charge < -0.3 is 15.2 Å². The summed E-state index contributed by atoms with van der Waals surface area (Å²) in [5.74, 6) is -1.08. The molecule has 0 radical (unpaired) electrons. The lowest BCUT2D eigenvalue weighted by Crippen LogP contribution is -2.47. The first-order valence-electron chi connectivity index (χ1n) is 5.94. The van der Waals surface area contributed by atoms with E-state index in [4.69, 9.17) is 15.2 Å². The van der Waals surface area contributed by atoms with Gasteiger partial charge in [0.1, 0.15) is 5.82 Å². The molecule has 0 aromatic heterocycles. The second-order valence-electron chi connectivity index (χ2n) is 4.63. The molecule has 2 N–H and O–H groups in total. The summed E-state index contributed by atoms with van der Waals surface area (Å²) >= 11 is 0. The molecule has 3 nitrogen and oxygen atoms in total. The van der Waals surface area contributed by atoms with Crippen molar-refractivity contribution in [3.63, 3.8) is 0 Å². The highest BCUT2D eigenvalue weighted by Gasteiger charge is 2.42. The average Bonchev–Trinajstić information content (AvgIpc) is 2.31. The molecular weight excluding hydrogens is 240 g/mol. The molecular formula is C13H17F2NO2. The van der Waals surface area contributed by atoms with Gasteiger partial charge in [-0.2, -0.15) is 0 Å². The zero-order chi connectivity index (χ0) is 13.2. The van der Waals surface area contributed by atoms with Crippen LogP contribution in [0.25, 0.3) is 0 Å². The highest BCUT2D eigenvalue weighted by molar-refractivity contribution is 5.37. The van der Waals surface area contributed by atoms with Gasteiger partial charge in [-0.3, -0.25) is 0 Å². The van der Waals surface area contributed by atoms with Gasteiger partial charge in [0.05, 0.1) is 20.3 Å². The van der Waals surface area contributed by atoms with E-state index < -0.39 is 17.0 Å². The Kier molecular flexibility index (Phi) is 3.82. The Labute approximate surface area is 105 Å². The second kappa shape index (κ2) is 5.20. The highest BCUT2D eigenvalue weighted by Crippen LogP contribution is 2.39. The lowest BCUT2D eigenvalue weighted by atomic mass is 9.74. The molecule has 0 saturated carbocycles. The van der Waals surface area contributed by atoms with Gasteiger partial charge in [-0.05, 0) is 25.5 Å². The third kappa shape index (κ3) is 2.20. The standard InChI is InChI=1S/C13H17F2NO2/c1-17-12-6-10(14)9(5-11(12)15)13(3-2-4-16)7-18-8-13/h5-6H,2-4,7-8,16H2,1H3. The average molecular weight is 257 g/mol. The number of ether oxygens (including phenoxy) is 2. The molecule has 0 bridgehead atoms. The lowest BCUT2D eigenvalue weighted by Gasteiger charge is -2.42. The van der Waals surface area contributed by atoms with Crippen LogP contribution in [0.2, 0.25) is 0 Å². The summed E-state index contributed by atoms with van der Waals surface area (Å²) in [4.78, 5) is 0. The summed E-state index contributed by atoms with van der Waals surface area (Å²) in [5.41, 5.74) is 5.41. The van der Waals surface area contributed by atoms with Gasteiger partial charge in [-0.1, -0.05) is 0 Å². The molecule has 1 heterocycles. The molecule has 1 saturated heterocycles. The van der Waals surface area contributed by atoms with Crippen molar-refractivity contribution in [2.75, 3.05) is 26.9 Å². The summed E-state index contributed by atoms with van der Waals surface area (Å²) in [7, 11) is 1.31. The maximum absolute atomic E-state index is 14.0. The van der Waals surface area contributed by atoms with E-state index >= 15 is 0 Å². The molecule has 100 valence electrons. The first-order chi connectivity index (χ1) is 8.63. The van der Waals surface area contributed by atoms with Crippen LogP contribution in [-0.4, -0.2) is 26.9 Å². The van der Waals surface area contributed by atoms with Gasteiger partial charge in [-0.25, -0.2) is 8.78 Å². The van der Waals surface area contributed by atoms with Crippen molar-refractivity contribution in [2.24, 2.45) is 5.73 Å². The highest BCUT2D eigenvalue weighted by atomic mass is 19.1. The van der Waals surface area contributed by atoms with Crippen LogP contribution in [0.4, 0.5) is 8.78 Å². The molecule has 0 atom stereocenters. The van der Waals surface area contributed by atoms with E-state index in [1.807, 2.05) is 0 Å². The van der Waals surface area contributed by atoms with E-state index in [1.54, 1.807) is 0 Å². The van der Waals surface area contributed by atoms with E-state index in [0.29, 0.717) is 31.7 Å². The van der Waals surface area contributed by atoms with Crippen molar-refractivity contribution in [2.45, 2.75) is 18.3 Å². The predicted octanol–water partition coefficient (Wildman–Crippen LogP) is 1.98. The quantitative estimate of drug-likeness (QED) is 0.877. The molecule has 5 heteroatoms. The number of hydrogen-bond acceptors (Lipinski definition) is 3.